The van der Waals surface area contributed by atoms with Crippen LogP contribution in [-0.2, 0) is 9.53 Å². The van der Waals surface area contributed by atoms with Crippen LogP contribution >= 0.6 is 0 Å². The van der Waals surface area contributed by atoms with Crippen LogP contribution in [-0.4, -0.2) is 29.7 Å². The molecule has 128 valence electrons. The van der Waals surface area contributed by atoms with Crippen molar-refractivity contribution < 1.29 is 14.3 Å². The zero-order valence-electron chi connectivity index (χ0n) is 14.7. The average Bonchev–Trinajstić information content (AvgIpc) is 2.62. The molecule has 0 aromatic rings. The van der Waals surface area contributed by atoms with Gasteiger partial charge in [-0.05, 0) is 39.5 Å². The Morgan fingerprint density at radius 3 is 2.05 bits per heavy atom. The van der Waals surface area contributed by atoms with Crippen molar-refractivity contribution in [1.29, 1.82) is 0 Å². The van der Waals surface area contributed by atoms with E-state index in [1.165, 1.54) is 12.8 Å². The third kappa shape index (κ3) is 7.14. The maximum atomic E-state index is 12.5. The van der Waals surface area contributed by atoms with E-state index in [-0.39, 0.29) is 17.9 Å². The van der Waals surface area contributed by atoms with Crippen LogP contribution in [0.25, 0.3) is 0 Å². The van der Waals surface area contributed by atoms with Crippen molar-refractivity contribution in [3.63, 3.8) is 0 Å². The number of amides is 2. The molecule has 0 radical (unpaired) electrons. The molecule has 2 amide bonds. The Morgan fingerprint density at radius 2 is 1.59 bits per heavy atom. The highest BCUT2D eigenvalue weighted by Gasteiger charge is 2.28. The lowest BCUT2D eigenvalue weighted by Gasteiger charge is -2.27. The molecule has 0 bridgehead atoms. The summed E-state index contributed by atoms with van der Waals surface area (Å²) < 4.78 is 5.25. The summed E-state index contributed by atoms with van der Waals surface area (Å²) in [6.45, 7) is 9.27. The Bertz CT molecular complexity index is 367. The van der Waals surface area contributed by atoms with Gasteiger partial charge in [0.25, 0.3) is 0 Å². The van der Waals surface area contributed by atoms with Crippen LogP contribution in [0.1, 0.15) is 73.1 Å². The molecule has 5 nitrogen and oxygen atoms in total. The van der Waals surface area contributed by atoms with Crippen LogP contribution in [0.4, 0.5) is 4.79 Å². The molecule has 0 aliphatic heterocycles. The zero-order valence-corrected chi connectivity index (χ0v) is 14.7. The highest BCUT2D eigenvalue weighted by atomic mass is 16.6. The third-order valence-electron chi connectivity index (χ3n) is 3.82. The number of hydrogen-bond donors (Lipinski definition) is 2. The summed E-state index contributed by atoms with van der Waals surface area (Å²) >= 11 is 0. The van der Waals surface area contributed by atoms with Crippen molar-refractivity contribution in [3.05, 3.63) is 0 Å². The largest absolute Gasteiger partial charge is 0.444 e. The van der Waals surface area contributed by atoms with Gasteiger partial charge in [-0.25, -0.2) is 4.79 Å². The maximum Gasteiger partial charge on any atom is 0.408 e. The summed E-state index contributed by atoms with van der Waals surface area (Å²) in [6, 6.07) is -0.324. The molecule has 22 heavy (non-hydrogen) atoms. The van der Waals surface area contributed by atoms with Gasteiger partial charge in [0.2, 0.25) is 5.91 Å². The zero-order chi connectivity index (χ0) is 16.8. The summed E-state index contributed by atoms with van der Waals surface area (Å²) in [5.74, 6) is -0.0916. The second kappa shape index (κ2) is 8.39. The maximum absolute atomic E-state index is 12.5. The SMILES string of the molecule is CC(C)[C@H](NC(=O)OC(C)(C)C)C(=O)NC1CCCCCC1. The van der Waals surface area contributed by atoms with Gasteiger partial charge in [-0.1, -0.05) is 39.5 Å². The van der Waals surface area contributed by atoms with Gasteiger partial charge in [-0.15, -0.1) is 0 Å². The van der Waals surface area contributed by atoms with Gasteiger partial charge >= 0.3 is 6.09 Å². The molecule has 5 heteroatoms. The molecule has 1 fully saturated rings. The van der Waals surface area contributed by atoms with Gasteiger partial charge in [-0.2, -0.15) is 0 Å². The van der Waals surface area contributed by atoms with Crippen LogP contribution in [0.2, 0.25) is 0 Å². The molecule has 1 aliphatic carbocycles. The van der Waals surface area contributed by atoms with E-state index in [1.54, 1.807) is 0 Å². The Hall–Kier alpha value is -1.26. The predicted octanol–water partition coefficient (Wildman–Crippen LogP) is 3.37. The highest BCUT2D eigenvalue weighted by Crippen LogP contribution is 2.17. The quantitative estimate of drug-likeness (QED) is 0.782. The molecule has 1 rings (SSSR count). The number of nitrogens with one attached hydrogen (secondary N) is 2. The van der Waals surface area contributed by atoms with Gasteiger partial charge in [0.15, 0.2) is 0 Å². The number of alkyl carbamates (subject to hydrolysis) is 1. The summed E-state index contributed by atoms with van der Waals surface area (Å²) in [4.78, 5) is 24.4. The first-order valence-corrected chi connectivity index (χ1v) is 8.49. The molecule has 1 atom stereocenters. The van der Waals surface area contributed by atoms with Gasteiger partial charge in [0.05, 0.1) is 0 Å². The lowest BCUT2D eigenvalue weighted by Crippen LogP contribution is -2.52. The van der Waals surface area contributed by atoms with Crippen LogP contribution in [0, 0.1) is 5.92 Å². The van der Waals surface area contributed by atoms with Crippen LogP contribution < -0.4 is 10.6 Å². The normalized spacial score (nSPS) is 18.5. The highest BCUT2D eigenvalue weighted by molar-refractivity contribution is 5.86. The molecular weight excluding hydrogens is 280 g/mol. The van der Waals surface area contributed by atoms with E-state index < -0.39 is 17.7 Å². The van der Waals surface area contributed by atoms with Crippen molar-refractivity contribution in [2.45, 2.75) is 90.8 Å². The summed E-state index contributed by atoms with van der Waals surface area (Å²) in [7, 11) is 0. The van der Waals surface area contributed by atoms with E-state index in [1.807, 2.05) is 34.6 Å². The van der Waals surface area contributed by atoms with Crippen molar-refractivity contribution in [2.24, 2.45) is 5.92 Å². The van der Waals surface area contributed by atoms with E-state index in [0.29, 0.717) is 0 Å². The first-order valence-electron chi connectivity index (χ1n) is 8.49. The monoisotopic (exact) mass is 312 g/mol. The topological polar surface area (TPSA) is 67.4 Å². The van der Waals surface area contributed by atoms with Gasteiger partial charge < -0.3 is 15.4 Å². The number of rotatable bonds is 4. The lowest BCUT2D eigenvalue weighted by molar-refractivity contribution is -0.125. The fourth-order valence-corrected chi connectivity index (χ4v) is 2.68. The average molecular weight is 312 g/mol. The van der Waals surface area contributed by atoms with Gasteiger partial charge in [-0.3, -0.25) is 4.79 Å². The Morgan fingerprint density at radius 1 is 1.05 bits per heavy atom. The molecule has 2 N–H and O–H groups in total. The Balaban J connectivity index is 2.57. The Labute approximate surface area is 134 Å². The van der Waals surface area contributed by atoms with Gasteiger partial charge in [0.1, 0.15) is 11.6 Å². The fraction of sp³-hybridized carbons (Fsp3) is 0.882. The summed E-state index contributed by atoms with van der Waals surface area (Å²) in [5.41, 5.74) is -0.566. The van der Waals surface area contributed by atoms with Crippen LogP contribution in [0.15, 0.2) is 0 Å². The van der Waals surface area contributed by atoms with Crippen LogP contribution in [0.5, 0.6) is 0 Å². The van der Waals surface area contributed by atoms with Crippen molar-refractivity contribution in [2.75, 3.05) is 0 Å². The molecule has 0 saturated heterocycles. The minimum Gasteiger partial charge on any atom is -0.444 e. The van der Waals surface area contributed by atoms with E-state index in [0.717, 1.165) is 25.7 Å². The number of hydrogen-bond acceptors (Lipinski definition) is 3. The molecule has 0 aromatic carbocycles. The molecule has 0 spiro atoms. The van der Waals surface area contributed by atoms with Crippen molar-refractivity contribution in [1.82, 2.24) is 10.6 Å². The predicted molar refractivity (Wildman–Crippen MR) is 87.6 cm³/mol. The molecule has 1 saturated carbocycles. The minimum atomic E-state index is -0.566. The standard InChI is InChI=1S/C17H32N2O3/c1-12(2)14(19-16(21)22-17(3,4)5)15(20)18-13-10-8-6-7-9-11-13/h12-14H,6-11H2,1-5H3,(H,18,20)(H,19,21)/t14-/m0/s1. The fourth-order valence-electron chi connectivity index (χ4n) is 2.68. The van der Waals surface area contributed by atoms with Crippen molar-refractivity contribution in [3.8, 4) is 0 Å². The Kier molecular flexibility index (Phi) is 7.17. The second-order valence-electron chi connectivity index (χ2n) is 7.56. The smallest absolute Gasteiger partial charge is 0.408 e. The summed E-state index contributed by atoms with van der Waals surface area (Å²) in [5, 5.41) is 5.80. The third-order valence-corrected chi connectivity index (χ3v) is 3.82. The van der Waals surface area contributed by atoms with Crippen LogP contribution in [0.3, 0.4) is 0 Å². The molecule has 0 aromatic heterocycles. The van der Waals surface area contributed by atoms with Crippen molar-refractivity contribution >= 4 is 12.0 Å². The molecule has 0 unspecified atom stereocenters. The molecular formula is C17H32N2O3. The van der Waals surface area contributed by atoms with Gasteiger partial charge in [0, 0.05) is 6.04 Å². The first-order chi connectivity index (χ1) is 10.2. The van der Waals surface area contributed by atoms with E-state index in [4.69, 9.17) is 4.74 Å². The first kappa shape index (κ1) is 18.8. The van der Waals surface area contributed by atoms with E-state index >= 15 is 0 Å². The lowest BCUT2D eigenvalue weighted by atomic mass is 10.0. The second-order valence-corrected chi connectivity index (χ2v) is 7.56. The van der Waals surface area contributed by atoms with E-state index in [2.05, 4.69) is 10.6 Å². The number of carbonyl (C=O) groups excluding carboxylic acids is 2. The summed E-state index contributed by atoms with van der Waals surface area (Å²) in [6.07, 6.45) is 6.34. The number of carbonyl (C=O) groups is 2. The molecule has 0 heterocycles. The van der Waals surface area contributed by atoms with E-state index in [9.17, 15) is 9.59 Å². The number of ether oxygens (including phenoxy) is 1. The molecule has 1 aliphatic rings. The minimum absolute atomic E-state index is 0.0123.